The van der Waals surface area contributed by atoms with Crippen LogP contribution in [-0.2, 0) is 17.6 Å². The molecule has 0 aliphatic carbocycles. The summed E-state index contributed by atoms with van der Waals surface area (Å²) in [5, 5.41) is 2.85. The highest BCUT2D eigenvalue weighted by Crippen LogP contribution is 2.13. The van der Waals surface area contributed by atoms with Crippen molar-refractivity contribution in [2.75, 3.05) is 13.7 Å². The molecule has 1 amide bonds. The van der Waals surface area contributed by atoms with Crippen LogP contribution in [0.5, 0.6) is 5.75 Å². The predicted octanol–water partition coefficient (Wildman–Crippen LogP) is 2.45. The van der Waals surface area contributed by atoms with Crippen LogP contribution in [0.4, 0.5) is 4.39 Å². The Hall–Kier alpha value is -2.40. The largest absolute Gasteiger partial charge is 0.497 e. The summed E-state index contributed by atoms with van der Waals surface area (Å²) in [6, 6.07) is 13.8. The van der Waals surface area contributed by atoms with Crippen molar-refractivity contribution in [1.29, 1.82) is 0 Å². The molecule has 0 aromatic heterocycles. The van der Waals surface area contributed by atoms with E-state index in [9.17, 15) is 9.18 Å². The van der Waals surface area contributed by atoms with Crippen molar-refractivity contribution in [3.63, 3.8) is 0 Å². The quantitative estimate of drug-likeness (QED) is 0.781. The Kier molecular flexibility index (Phi) is 6.75. The highest BCUT2D eigenvalue weighted by molar-refractivity contribution is 5.76. The lowest BCUT2D eigenvalue weighted by atomic mass is 10.0. The van der Waals surface area contributed by atoms with Gasteiger partial charge in [0.1, 0.15) is 11.6 Å². The first-order chi connectivity index (χ1) is 11.6. The molecule has 0 aliphatic rings. The maximum atomic E-state index is 13.6. The second kappa shape index (κ2) is 9.03. The smallest absolute Gasteiger partial charge is 0.221 e. The number of benzene rings is 2. The van der Waals surface area contributed by atoms with Crippen LogP contribution in [0, 0.1) is 5.82 Å². The molecule has 128 valence electrons. The van der Waals surface area contributed by atoms with Crippen LogP contribution < -0.4 is 15.8 Å². The number of halogens is 1. The minimum atomic E-state index is -0.404. The third-order valence-electron chi connectivity index (χ3n) is 3.76. The lowest BCUT2D eigenvalue weighted by molar-refractivity contribution is -0.121. The number of nitrogens with one attached hydrogen (secondary N) is 1. The van der Waals surface area contributed by atoms with Gasteiger partial charge in [-0.1, -0.05) is 30.3 Å². The number of ether oxygens (including phenoxy) is 1. The summed E-state index contributed by atoms with van der Waals surface area (Å²) in [6.45, 7) is 0.526. The fourth-order valence-corrected chi connectivity index (χ4v) is 2.50. The van der Waals surface area contributed by atoms with Crippen LogP contribution >= 0.6 is 0 Å². The van der Waals surface area contributed by atoms with Crippen molar-refractivity contribution >= 4 is 5.91 Å². The molecule has 0 aliphatic heterocycles. The number of amides is 1. The summed E-state index contributed by atoms with van der Waals surface area (Å²) in [6.07, 6.45) is 1.23. The summed E-state index contributed by atoms with van der Waals surface area (Å²) >= 11 is 0. The molecule has 0 unspecified atom stereocenters. The summed E-state index contributed by atoms with van der Waals surface area (Å²) in [5.74, 6) is 0.388. The van der Waals surface area contributed by atoms with Gasteiger partial charge in [0.2, 0.25) is 5.91 Å². The molecule has 0 saturated carbocycles. The standard InChI is InChI=1S/C19H23FN2O2/c1-24-17-7-4-5-14(11-17)9-10-22-19(23)13-16(21)12-15-6-2-3-8-18(15)20/h2-8,11,16H,9-10,12-13,21H2,1H3,(H,22,23)/t16-/m1/s1. The molecule has 4 nitrogen and oxygen atoms in total. The summed E-state index contributed by atoms with van der Waals surface area (Å²) in [7, 11) is 1.62. The summed E-state index contributed by atoms with van der Waals surface area (Å²) < 4.78 is 18.7. The van der Waals surface area contributed by atoms with Gasteiger partial charge in [0, 0.05) is 19.0 Å². The lowest BCUT2D eigenvalue weighted by Gasteiger charge is -2.12. The molecule has 2 aromatic carbocycles. The van der Waals surface area contributed by atoms with Crippen LogP contribution in [0.2, 0.25) is 0 Å². The van der Waals surface area contributed by atoms with Gasteiger partial charge >= 0.3 is 0 Å². The lowest BCUT2D eigenvalue weighted by Crippen LogP contribution is -2.34. The Bertz CT molecular complexity index is 676. The molecule has 5 heteroatoms. The molecular weight excluding hydrogens is 307 g/mol. The molecule has 2 aromatic rings. The average Bonchev–Trinajstić information content (AvgIpc) is 2.57. The van der Waals surface area contributed by atoms with Crippen molar-refractivity contribution in [2.24, 2.45) is 5.73 Å². The Balaban J connectivity index is 1.73. The fourth-order valence-electron chi connectivity index (χ4n) is 2.50. The molecule has 24 heavy (non-hydrogen) atoms. The third kappa shape index (κ3) is 5.66. The minimum Gasteiger partial charge on any atom is -0.497 e. The molecule has 0 fully saturated rings. The van der Waals surface area contributed by atoms with Crippen LogP contribution in [-0.4, -0.2) is 25.6 Å². The van der Waals surface area contributed by atoms with Gasteiger partial charge in [-0.2, -0.15) is 0 Å². The predicted molar refractivity (Wildman–Crippen MR) is 92.4 cm³/mol. The zero-order chi connectivity index (χ0) is 17.4. The van der Waals surface area contributed by atoms with Gasteiger partial charge in [-0.15, -0.1) is 0 Å². The van der Waals surface area contributed by atoms with Crippen molar-refractivity contribution in [3.8, 4) is 5.75 Å². The Morgan fingerprint density at radius 3 is 2.79 bits per heavy atom. The van der Waals surface area contributed by atoms with E-state index >= 15 is 0 Å². The number of carbonyl (C=O) groups excluding carboxylic acids is 1. The molecule has 0 radical (unpaired) electrons. The molecular formula is C19H23FN2O2. The highest BCUT2D eigenvalue weighted by atomic mass is 19.1. The first-order valence-corrected chi connectivity index (χ1v) is 7.97. The van der Waals surface area contributed by atoms with Gasteiger partial charge < -0.3 is 15.8 Å². The maximum Gasteiger partial charge on any atom is 0.221 e. The number of hydrogen-bond donors (Lipinski definition) is 2. The Labute approximate surface area is 141 Å². The van der Waals surface area contributed by atoms with Gasteiger partial charge in [-0.05, 0) is 42.2 Å². The first-order valence-electron chi connectivity index (χ1n) is 7.97. The van der Waals surface area contributed by atoms with Gasteiger partial charge in [0.15, 0.2) is 0 Å². The van der Waals surface area contributed by atoms with E-state index in [1.165, 1.54) is 6.07 Å². The molecule has 3 N–H and O–H groups in total. The number of nitrogens with two attached hydrogens (primary N) is 1. The van der Waals surface area contributed by atoms with E-state index in [0.717, 1.165) is 11.3 Å². The van der Waals surface area contributed by atoms with Crippen molar-refractivity contribution < 1.29 is 13.9 Å². The average molecular weight is 330 g/mol. The van der Waals surface area contributed by atoms with Crippen molar-refractivity contribution in [1.82, 2.24) is 5.32 Å². The second-order valence-electron chi connectivity index (χ2n) is 5.71. The summed E-state index contributed by atoms with van der Waals surface area (Å²) in [4.78, 5) is 11.9. The molecule has 0 spiro atoms. The van der Waals surface area contributed by atoms with Crippen LogP contribution in [0.15, 0.2) is 48.5 Å². The molecule has 2 rings (SSSR count). The Morgan fingerprint density at radius 2 is 2.04 bits per heavy atom. The molecule has 0 heterocycles. The van der Waals surface area contributed by atoms with E-state index in [4.69, 9.17) is 10.5 Å². The van der Waals surface area contributed by atoms with E-state index in [2.05, 4.69) is 5.32 Å². The van der Waals surface area contributed by atoms with Crippen LogP contribution in [0.25, 0.3) is 0 Å². The third-order valence-corrected chi connectivity index (χ3v) is 3.76. The number of hydrogen-bond acceptors (Lipinski definition) is 3. The number of rotatable bonds is 8. The zero-order valence-corrected chi connectivity index (χ0v) is 13.8. The SMILES string of the molecule is COc1cccc(CCNC(=O)C[C@H](N)Cc2ccccc2F)c1. The normalized spacial score (nSPS) is 11.8. The van der Waals surface area contributed by atoms with Gasteiger partial charge in [-0.25, -0.2) is 4.39 Å². The Morgan fingerprint density at radius 1 is 1.25 bits per heavy atom. The van der Waals surface area contributed by atoms with Crippen LogP contribution in [0.3, 0.4) is 0 Å². The van der Waals surface area contributed by atoms with E-state index in [0.29, 0.717) is 24.9 Å². The maximum absolute atomic E-state index is 13.6. The van der Waals surface area contributed by atoms with E-state index in [1.54, 1.807) is 25.3 Å². The topological polar surface area (TPSA) is 64.3 Å². The fraction of sp³-hybridized carbons (Fsp3) is 0.316. The molecule has 0 bridgehead atoms. The highest BCUT2D eigenvalue weighted by Gasteiger charge is 2.12. The monoisotopic (exact) mass is 330 g/mol. The second-order valence-corrected chi connectivity index (χ2v) is 5.71. The zero-order valence-electron chi connectivity index (χ0n) is 13.8. The summed E-state index contributed by atoms with van der Waals surface area (Å²) in [5.41, 5.74) is 7.58. The van der Waals surface area contributed by atoms with E-state index < -0.39 is 6.04 Å². The van der Waals surface area contributed by atoms with Crippen LogP contribution in [0.1, 0.15) is 17.5 Å². The van der Waals surface area contributed by atoms with Gasteiger partial charge in [-0.3, -0.25) is 4.79 Å². The van der Waals surface area contributed by atoms with Gasteiger partial charge in [0.05, 0.1) is 7.11 Å². The van der Waals surface area contributed by atoms with Crippen molar-refractivity contribution in [2.45, 2.75) is 25.3 Å². The number of carbonyl (C=O) groups is 1. The van der Waals surface area contributed by atoms with E-state index in [1.807, 2.05) is 24.3 Å². The molecule has 0 saturated heterocycles. The number of methoxy groups -OCH3 is 1. The van der Waals surface area contributed by atoms with Crippen molar-refractivity contribution in [3.05, 3.63) is 65.5 Å². The minimum absolute atomic E-state index is 0.123. The molecule has 1 atom stereocenters. The van der Waals surface area contributed by atoms with E-state index in [-0.39, 0.29) is 18.1 Å². The first kappa shape index (κ1) is 17.9. The van der Waals surface area contributed by atoms with Gasteiger partial charge in [0.25, 0.3) is 0 Å².